The molecule has 8 aromatic carbocycles. The predicted octanol–water partition coefficient (Wildman–Crippen LogP) is 11.9. The van der Waals surface area contributed by atoms with Crippen LogP contribution in [0.25, 0.3) is 94.3 Å². The highest BCUT2D eigenvalue weighted by molar-refractivity contribution is 6.11. The van der Waals surface area contributed by atoms with E-state index in [-0.39, 0.29) is 0 Å². The van der Waals surface area contributed by atoms with Crippen LogP contribution < -0.4 is 0 Å². The molecule has 0 N–H and O–H groups in total. The molecule has 10 rings (SSSR count). The lowest BCUT2D eigenvalue weighted by Crippen LogP contribution is -2.02. The van der Waals surface area contributed by atoms with E-state index in [2.05, 4.69) is 180 Å². The number of aromatic nitrogens is 4. The maximum Gasteiger partial charge on any atom is 0.164 e. The number of rotatable bonds is 5. The van der Waals surface area contributed by atoms with Crippen LogP contribution in [-0.2, 0) is 0 Å². The third kappa shape index (κ3) is 4.96. The minimum atomic E-state index is 0.637. The standard InChI is InChI=1S/C47H30N4/c1-2-12-31(13-3-1)33-22-25-34(26-23-33)45-48-46(36-27-24-32-14-4-5-15-35(32)30-36)50-47(49-45)41-28-29-44(38-17-7-6-16-37(38)41)51-42-20-10-8-18-39(42)40-19-9-11-21-43(40)51/h1-30H. The van der Waals surface area contributed by atoms with Gasteiger partial charge in [-0.25, -0.2) is 15.0 Å². The second kappa shape index (κ2) is 11.9. The molecule has 0 aliphatic carbocycles. The topological polar surface area (TPSA) is 43.6 Å². The van der Waals surface area contributed by atoms with E-state index in [9.17, 15) is 0 Å². The fraction of sp³-hybridized carbons (Fsp3) is 0. The number of hydrogen-bond acceptors (Lipinski definition) is 3. The Morgan fingerprint density at radius 2 is 0.824 bits per heavy atom. The summed E-state index contributed by atoms with van der Waals surface area (Å²) in [5.74, 6) is 1.92. The van der Waals surface area contributed by atoms with Crippen LogP contribution in [0.3, 0.4) is 0 Å². The zero-order valence-electron chi connectivity index (χ0n) is 27.6. The molecule has 51 heavy (non-hydrogen) atoms. The molecule has 0 atom stereocenters. The van der Waals surface area contributed by atoms with Gasteiger partial charge in [-0.3, -0.25) is 0 Å². The minimum absolute atomic E-state index is 0.637. The summed E-state index contributed by atoms with van der Waals surface area (Å²) in [5.41, 5.74) is 8.64. The first kappa shape index (κ1) is 29.0. The number of para-hydroxylation sites is 2. The van der Waals surface area contributed by atoms with Gasteiger partial charge in [-0.2, -0.15) is 0 Å². The van der Waals surface area contributed by atoms with Gasteiger partial charge in [-0.15, -0.1) is 0 Å². The van der Waals surface area contributed by atoms with Crippen molar-refractivity contribution < 1.29 is 0 Å². The Morgan fingerprint density at radius 3 is 1.55 bits per heavy atom. The van der Waals surface area contributed by atoms with Crippen molar-refractivity contribution in [1.82, 2.24) is 19.5 Å². The first-order chi connectivity index (χ1) is 25.3. The van der Waals surface area contributed by atoms with Crippen molar-refractivity contribution >= 4 is 43.4 Å². The van der Waals surface area contributed by atoms with Gasteiger partial charge in [0.1, 0.15) is 0 Å². The monoisotopic (exact) mass is 650 g/mol. The zero-order valence-corrected chi connectivity index (χ0v) is 27.6. The average Bonchev–Trinajstić information content (AvgIpc) is 3.54. The second-order valence-electron chi connectivity index (χ2n) is 12.9. The van der Waals surface area contributed by atoms with Crippen LogP contribution in [0.1, 0.15) is 0 Å². The van der Waals surface area contributed by atoms with Gasteiger partial charge in [-0.05, 0) is 57.6 Å². The molecule has 4 nitrogen and oxygen atoms in total. The molecule has 0 saturated heterocycles. The molecular weight excluding hydrogens is 621 g/mol. The lowest BCUT2D eigenvalue weighted by molar-refractivity contribution is 1.08. The summed E-state index contributed by atoms with van der Waals surface area (Å²) in [6.45, 7) is 0. The Morgan fingerprint density at radius 1 is 0.314 bits per heavy atom. The van der Waals surface area contributed by atoms with E-state index < -0.39 is 0 Å². The molecule has 10 aromatic rings. The lowest BCUT2D eigenvalue weighted by atomic mass is 10.0. The first-order valence-electron chi connectivity index (χ1n) is 17.2. The van der Waals surface area contributed by atoms with Crippen molar-refractivity contribution in [3.05, 3.63) is 182 Å². The molecule has 0 saturated carbocycles. The number of nitrogens with zero attached hydrogens (tertiary/aromatic N) is 4. The lowest BCUT2D eigenvalue weighted by Gasteiger charge is -2.15. The van der Waals surface area contributed by atoms with Gasteiger partial charge in [0.25, 0.3) is 0 Å². The summed E-state index contributed by atoms with van der Waals surface area (Å²) >= 11 is 0. The molecule has 0 amide bonds. The molecular formula is C47H30N4. The van der Waals surface area contributed by atoms with Gasteiger partial charge in [-0.1, -0.05) is 152 Å². The van der Waals surface area contributed by atoms with Crippen molar-refractivity contribution in [2.45, 2.75) is 0 Å². The van der Waals surface area contributed by atoms with Crippen LogP contribution in [-0.4, -0.2) is 19.5 Å². The van der Waals surface area contributed by atoms with Crippen LogP contribution >= 0.6 is 0 Å². The fourth-order valence-electron chi connectivity index (χ4n) is 7.38. The van der Waals surface area contributed by atoms with Crippen molar-refractivity contribution in [2.24, 2.45) is 0 Å². The molecule has 0 bridgehead atoms. The van der Waals surface area contributed by atoms with Crippen molar-refractivity contribution in [3.63, 3.8) is 0 Å². The summed E-state index contributed by atoms with van der Waals surface area (Å²) in [5, 5.41) is 7.01. The Labute approximate surface area is 295 Å². The maximum atomic E-state index is 5.18. The van der Waals surface area contributed by atoms with E-state index in [1.807, 2.05) is 6.07 Å². The molecule has 0 radical (unpaired) electrons. The number of hydrogen-bond donors (Lipinski definition) is 0. The smallest absolute Gasteiger partial charge is 0.164 e. The molecule has 4 heteroatoms. The molecule has 2 aromatic heterocycles. The van der Waals surface area contributed by atoms with Crippen LogP contribution in [0.15, 0.2) is 182 Å². The summed E-state index contributed by atoms with van der Waals surface area (Å²) < 4.78 is 2.38. The molecule has 2 heterocycles. The first-order valence-corrected chi connectivity index (χ1v) is 17.2. The fourth-order valence-corrected chi connectivity index (χ4v) is 7.38. The average molecular weight is 651 g/mol. The van der Waals surface area contributed by atoms with Crippen LogP contribution in [0.5, 0.6) is 0 Å². The highest BCUT2D eigenvalue weighted by Gasteiger charge is 2.18. The van der Waals surface area contributed by atoms with E-state index in [1.165, 1.54) is 32.8 Å². The van der Waals surface area contributed by atoms with Gasteiger partial charge in [0.2, 0.25) is 0 Å². The van der Waals surface area contributed by atoms with Crippen molar-refractivity contribution in [1.29, 1.82) is 0 Å². The SMILES string of the molecule is c1ccc(-c2ccc(-c3nc(-c4ccc5ccccc5c4)nc(-c4ccc(-n5c6ccccc6c6ccccc65)c5ccccc45)n3)cc2)cc1. The van der Waals surface area contributed by atoms with E-state index >= 15 is 0 Å². The highest BCUT2D eigenvalue weighted by atomic mass is 15.0. The van der Waals surface area contributed by atoms with Crippen LogP contribution in [0, 0.1) is 0 Å². The Bertz CT molecular complexity index is 2850. The van der Waals surface area contributed by atoms with E-state index in [0.29, 0.717) is 17.5 Å². The second-order valence-corrected chi connectivity index (χ2v) is 12.9. The van der Waals surface area contributed by atoms with Gasteiger partial charge in [0.05, 0.1) is 16.7 Å². The quantitative estimate of drug-likeness (QED) is 0.186. The summed E-state index contributed by atoms with van der Waals surface area (Å²) in [6.07, 6.45) is 0. The highest BCUT2D eigenvalue weighted by Crippen LogP contribution is 2.38. The van der Waals surface area contributed by atoms with E-state index in [1.54, 1.807) is 0 Å². The van der Waals surface area contributed by atoms with Crippen LogP contribution in [0.2, 0.25) is 0 Å². The van der Waals surface area contributed by atoms with Gasteiger partial charge < -0.3 is 4.57 Å². The van der Waals surface area contributed by atoms with Crippen LogP contribution in [0.4, 0.5) is 0 Å². The molecule has 238 valence electrons. The predicted molar refractivity (Wildman–Crippen MR) is 211 cm³/mol. The number of benzene rings is 8. The largest absolute Gasteiger partial charge is 0.309 e. The minimum Gasteiger partial charge on any atom is -0.309 e. The van der Waals surface area contributed by atoms with E-state index in [0.717, 1.165) is 44.1 Å². The molecule has 0 aliphatic heterocycles. The summed E-state index contributed by atoms with van der Waals surface area (Å²) in [7, 11) is 0. The Balaban J connectivity index is 1.18. The number of fused-ring (bicyclic) bond motifs is 5. The van der Waals surface area contributed by atoms with Crippen molar-refractivity contribution in [3.8, 4) is 51.0 Å². The third-order valence-electron chi connectivity index (χ3n) is 9.86. The normalized spacial score (nSPS) is 11.5. The van der Waals surface area contributed by atoms with Gasteiger partial charge >= 0.3 is 0 Å². The third-order valence-corrected chi connectivity index (χ3v) is 9.86. The Hall–Kier alpha value is -6.91. The molecule has 0 aliphatic rings. The molecule has 0 spiro atoms. The summed E-state index contributed by atoms with van der Waals surface area (Å²) in [4.78, 5) is 15.5. The van der Waals surface area contributed by atoms with E-state index in [4.69, 9.17) is 15.0 Å². The van der Waals surface area contributed by atoms with Gasteiger partial charge in [0, 0.05) is 32.8 Å². The van der Waals surface area contributed by atoms with Crippen molar-refractivity contribution in [2.75, 3.05) is 0 Å². The Kier molecular flexibility index (Phi) is 6.78. The molecule has 0 unspecified atom stereocenters. The van der Waals surface area contributed by atoms with Gasteiger partial charge in [0.15, 0.2) is 17.5 Å². The summed E-state index contributed by atoms with van der Waals surface area (Å²) in [6, 6.07) is 63.9. The maximum absolute atomic E-state index is 5.18. The zero-order chi connectivity index (χ0) is 33.7. The molecule has 0 fully saturated rings.